The third-order valence-corrected chi connectivity index (χ3v) is 3.03. The summed E-state index contributed by atoms with van der Waals surface area (Å²) in [7, 11) is -1.56. The summed E-state index contributed by atoms with van der Waals surface area (Å²) in [5.41, 5.74) is 0. The van der Waals surface area contributed by atoms with Crippen molar-refractivity contribution in [3.63, 3.8) is 0 Å². The molecule has 2 N–H and O–H groups in total. The van der Waals surface area contributed by atoms with E-state index in [1.165, 1.54) is 13.4 Å². The quantitative estimate of drug-likeness (QED) is 0.697. The number of ether oxygens (including phenoxy) is 1. The second-order valence-electron chi connectivity index (χ2n) is 3.95. The number of methoxy groups -OCH3 is 1. The molecule has 0 saturated carbocycles. The van der Waals surface area contributed by atoms with E-state index in [9.17, 15) is 8.42 Å². The molecule has 0 aliphatic carbocycles. The maximum atomic E-state index is 11.0. The molecule has 9 heteroatoms. The number of rotatable bonds is 8. The Balaban J connectivity index is 2.70. The van der Waals surface area contributed by atoms with Gasteiger partial charge in [0.25, 0.3) is 0 Å². The minimum absolute atomic E-state index is 0.0126. The molecule has 1 heterocycles. The van der Waals surface area contributed by atoms with Gasteiger partial charge in [-0.1, -0.05) is 6.92 Å². The van der Waals surface area contributed by atoms with Crippen molar-refractivity contribution in [1.29, 1.82) is 0 Å². The highest BCUT2D eigenvalue weighted by molar-refractivity contribution is 7.90. The van der Waals surface area contributed by atoms with Crippen molar-refractivity contribution >= 4 is 21.7 Å². The molecule has 0 saturated heterocycles. The molecule has 1 aromatic rings. The van der Waals surface area contributed by atoms with Gasteiger partial charge in [0.15, 0.2) is 0 Å². The fourth-order valence-corrected chi connectivity index (χ4v) is 1.66. The van der Waals surface area contributed by atoms with Gasteiger partial charge in [-0.3, -0.25) is 0 Å². The molecule has 19 heavy (non-hydrogen) atoms. The van der Waals surface area contributed by atoms with Gasteiger partial charge in [-0.05, 0) is 6.42 Å². The third kappa shape index (κ3) is 6.18. The lowest BCUT2D eigenvalue weighted by atomic mass is 10.5. The van der Waals surface area contributed by atoms with Crippen molar-refractivity contribution in [3.8, 4) is 6.01 Å². The summed E-state index contributed by atoms with van der Waals surface area (Å²) in [5.74, 6) is 0.697. The molecule has 0 amide bonds. The van der Waals surface area contributed by atoms with E-state index in [2.05, 4.69) is 25.6 Å². The van der Waals surface area contributed by atoms with Crippen LogP contribution in [0.15, 0.2) is 0 Å². The first-order chi connectivity index (χ1) is 8.94. The summed E-state index contributed by atoms with van der Waals surface area (Å²) < 4.78 is 27.0. The van der Waals surface area contributed by atoms with Crippen LogP contribution in [0.4, 0.5) is 11.9 Å². The molecule has 0 aromatic carbocycles. The molecule has 0 spiro atoms. The van der Waals surface area contributed by atoms with Crippen molar-refractivity contribution in [2.45, 2.75) is 13.3 Å². The monoisotopic (exact) mass is 289 g/mol. The van der Waals surface area contributed by atoms with Crippen LogP contribution in [0.5, 0.6) is 6.01 Å². The second-order valence-corrected chi connectivity index (χ2v) is 6.21. The Morgan fingerprint density at radius 3 is 2.16 bits per heavy atom. The van der Waals surface area contributed by atoms with Crippen molar-refractivity contribution in [2.24, 2.45) is 0 Å². The van der Waals surface area contributed by atoms with Gasteiger partial charge >= 0.3 is 6.01 Å². The SMILES string of the molecule is CCCNc1nc(NCCS(C)(=O)=O)nc(OC)n1. The molecule has 0 fully saturated rings. The Bertz CT molecular complexity index is 506. The average molecular weight is 289 g/mol. The van der Waals surface area contributed by atoms with Crippen molar-refractivity contribution < 1.29 is 13.2 Å². The number of hydrogen-bond acceptors (Lipinski definition) is 8. The first-order valence-electron chi connectivity index (χ1n) is 5.90. The molecule has 0 aliphatic heterocycles. The van der Waals surface area contributed by atoms with Crippen LogP contribution in [-0.4, -0.2) is 55.6 Å². The molecule has 1 aromatic heterocycles. The normalized spacial score (nSPS) is 11.1. The summed E-state index contributed by atoms with van der Waals surface area (Å²) >= 11 is 0. The first-order valence-corrected chi connectivity index (χ1v) is 7.96. The van der Waals surface area contributed by atoms with Gasteiger partial charge < -0.3 is 15.4 Å². The van der Waals surface area contributed by atoms with E-state index in [0.29, 0.717) is 5.95 Å². The number of nitrogens with one attached hydrogen (secondary N) is 2. The first kappa shape index (κ1) is 15.4. The fraction of sp³-hybridized carbons (Fsp3) is 0.700. The second kappa shape index (κ2) is 7.07. The fourth-order valence-electron chi connectivity index (χ4n) is 1.19. The summed E-state index contributed by atoms with van der Waals surface area (Å²) in [6.07, 6.45) is 2.11. The Hall–Kier alpha value is -1.64. The van der Waals surface area contributed by atoms with E-state index in [4.69, 9.17) is 4.74 Å². The Kier molecular flexibility index (Phi) is 5.74. The summed E-state index contributed by atoms with van der Waals surface area (Å²) in [6, 6.07) is 0.176. The van der Waals surface area contributed by atoms with Crippen LogP contribution in [0.1, 0.15) is 13.3 Å². The third-order valence-electron chi connectivity index (χ3n) is 2.09. The topological polar surface area (TPSA) is 106 Å². The predicted octanol–water partition coefficient (Wildman–Crippen LogP) is 0.159. The van der Waals surface area contributed by atoms with Gasteiger partial charge in [0.2, 0.25) is 11.9 Å². The summed E-state index contributed by atoms with van der Waals surface area (Å²) in [5, 5.41) is 5.85. The number of aromatic nitrogens is 3. The maximum absolute atomic E-state index is 11.0. The van der Waals surface area contributed by atoms with Crippen LogP contribution in [0.25, 0.3) is 0 Å². The van der Waals surface area contributed by atoms with E-state index in [1.54, 1.807) is 0 Å². The van der Waals surface area contributed by atoms with Gasteiger partial charge in [-0.25, -0.2) is 8.42 Å². The van der Waals surface area contributed by atoms with Crippen LogP contribution in [0.3, 0.4) is 0 Å². The predicted molar refractivity (Wildman–Crippen MR) is 73.4 cm³/mol. The molecule has 0 atom stereocenters. The molecule has 1 rings (SSSR count). The molecule has 108 valence electrons. The molecule has 0 unspecified atom stereocenters. The molecule has 0 bridgehead atoms. The van der Waals surface area contributed by atoms with Gasteiger partial charge in [0, 0.05) is 19.3 Å². The zero-order chi connectivity index (χ0) is 14.3. The zero-order valence-electron chi connectivity index (χ0n) is 11.3. The van der Waals surface area contributed by atoms with Crippen LogP contribution in [0.2, 0.25) is 0 Å². The highest BCUT2D eigenvalue weighted by atomic mass is 32.2. The molecular weight excluding hydrogens is 270 g/mol. The highest BCUT2D eigenvalue weighted by Gasteiger charge is 2.07. The minimum Gasteiger partial charge on any atom is -0.467 e. The zero-order valence-corrected chi connectivity index (χ0v) is 12.1. The van der Waals surface area contributed by atoms with Crippen molar-refractivity contribution in [1.82, 2.24) is 15.0 Å². The van der Waals surface area contributed by atoms with Crippen LogP contribution >= 0.6 is 0 Å². The number of anilines is 2. The largest absolute Gasteiger partial charge is 0.467 e. The van der Waals surface area contributed by atoms with Crippen LogP contribution < -0.4 is 15.4 Å². The smallest absolute Gasteiger partial charge is 0.322 e. The lowest BCUT2D eigenvalue weighted by Gasteiger charge is -2.08. The highest BCUT2D eigenvalue weighted by Crippen LogP contribution is 2.10. The summed E-state index contributed by atoms with van der Waals surface area (Å²) in [4.78, 5) is 12.1. The Morgan fingerprint density at radius 2 is 1.68 bits per heavy atom. The van der Waals surface area contributed by atoms with Gasteiger partial charge in [0.1, 0.15) is 9.84 Å². The van der Waals surface area contributed by atoms with Crippen LogP contribution in [0, 0.1) is 0 Å². The lowest BCUT2D eigenvalue weighted by molar-refractivity contribution is 0.379. The number of sulfone groups is 1. The standard InChI is InChI=1S/C10H19N5O3S/c1-4-5-11-8-13-9(15-10(14-8)18-2)12-6-7-19(3,16)17/h4-7H2,1-3H3,(H2,11,12,13,14,15). The van der Waals surface area contributed by atoms with E-state index >= 15 is 0 Å². The van der Waals surface area contributed by atoms with Crippen molar-refractivity contribution in [3.05, 3.63) is 0 Å². The molecular formula is C10H19N5O3S. The molecule has 0 radical (unpaired) electrons. The van der Waals surface area contributed by atoms with E-state index in [-0.39, 0.29) is 24.3 Å². The van der Waals surface area contributed by atoms with Gasteiger partial charge in [-0.15, -0.1) is 0 Å². The van der Waals surface area contributed by atoms with E-state index < -0.39 is 9.84 Å². The average Bonchev–Trinajstić information content (AvgIpc) is 2.34. The maximum Gasteiger partial charge on any atom is 0.322 e. The van der Waals surface area contributed by atoms with E-state index in [1.807, 2.05) is 6.92 Å². The van der Waals surface area contributed by atoms with Gasteiger partial charge in [-0.2, -0.15) is 15.0 Å². The van der Waals surface area contributed by atoms with E-state index in [0.717, 1.165) is 13.0 Å². The molecule has 8 nitrogen and oxygen atoms in total. The summed E-state index contributed by atoms with van der Waals surface area (Å²) in [6.45, 7) is 2.99. The Morgan fingerprint density at radius 1 is 1.11 bits per heavy atom. The van der Waals surface area contributed by atoms with Crippen LogP contribution in [-0.2, 0) is 9.84 Å². The lowest BCUT2D eigenvalue weighted by Crippen LogP contribution is -2.17. The Labute approximate surface area is 112 Å². The van der Waals surface area contributed by atoms with Gasteiger partial charge in [0.05, 0.1) is 12.9 Å². The minimum atomic E-state index is -3.01. The molecule has 0 aliphatic rings. The van der Waals surface area contributed by atoms with Crippen molar-refractivity contribution in [2.75, 3.05) is 42.8 Å². The number of hydrogen-bond donors (Lipinski definition) is 2. The number of nitrogens with zero attached hydrogens (tertiary/aromatic N) is 3.